The Balaban J connectivity index is 2.59. The molecule has 0 unspecified atom stereocenters. The Morgan fingerprint density at radius 3 is 2.78 bits per heavy atom. The number of carbonyl (C=O) groups excluding carboxylic acids is 1. The first-order chi connectivity index (χ1) is 8.43. The van der Waals surface area contributed by atoms with E-state index in [0.29, 0.717) is 13.0 Å². The Labute approximate surface area is 121 Å². The lowest BCUT2D eigenvalue weighted by Gasteiger charge is -2.23. The lowest BCUT2D eigenvalue weighted by atomic mass is 10.3. The number of halogens is 3. The predicted octanol–water partition coefficient (Wildman–Crippen LogP) is 1.37. The monoisotopic (exact) mass is 310 g/mol. The van der Waals surface area contributed by atoms with Crippen molar-refractivity contribution < 1.29 is 10.1 Å². The van der Waals surface area contributed by atoms with E-state index >= 15 is 0 Å². The summed E-state index contributed by atoms with van der Waals surface area (Å²) in [4.78, 5) is 15.4. The molecular formula is C11H15Cl3N3O+. The molecule has 0 radical (unpaired) electrons. The number of amides is 1. The van der Waals surface area contributed by atoms with Gasteiger partial charge in [-0.1, -0.05) is 47.8 Å². The summed E-state index contributed by atoms with van der Waals surface area (Å²) >= 11 is 17.5. The van der Waals surface area contributed by atoms with Gasteiger partial charge in [0.05, 0.1) is 0 Å². The van der Waals surface area contributed by atoms with Crippen LogP contribution in [-0.2, 0) is 11.3 Å². The Bertz CT molecular complexity index is 381. The molecule has 7 heteroatoms. The number of alkyl halides is 3. The highest BCUT2D eigenvalue weighted by Gasteiger charge is 2.36. The molecule has 0 saturated heterocycles. The van der Waals surface area contributed by atoms with Crippen LogP contribution in [-0.4, -0.2) is 20.8 Å². The van der Waals surface area contributed by atoms with Crippen molar-refractivity contribution in [3.05, 3.63) is 30.1 Å². The van der Waals surface area contributed by atoms with Crippen molar-refractivity contribution in [2.24, 2.45) is 0 Å². The first-order valence-electron chi connectivity index (χ1n) is 5.51. The fourth-order valence-electron chi connectivity index (χ4n) is 1.32. The van der Waals surface area contributed by atoms with Crippen molar-refractivity contribution in [1.29, 1.82) is 0 Å². The molecule has 0 aliphatic carbocycles. The fourth-order valence-corrected chi connectivity index (χ4v) is 1.75. The minimum absolute atomic E-state index is 0.159. The number of rotatable bonds is 5. The first-order valence-corrected chi connectivity index (χ1v) is 6.65. The first kappa shape index (κ1) is 15.5. The number of nitrogens with two attached hydrogens (primary N) is 1. The van der Waals surface area contributed by atoms with Gasteiger partial charge in [-0.25, -0.2) is 0 Å². The number of quaternary nitrogens is 1. The van der Waals surface area contributed by atoms with E-state index in [1.807, 2.05) is 12.1 Å². The van der Waals surface area contributed by atoms with Crippen molar-refractivity contribution in [3.63, 3.8) is 0 Å². The standard InChI is InChI=1S/C11H14Cl3N3O/c1-2-9(18)17-10(11(12,13)14)16-7-8-4-3-5-15-6-8/h3-6,10,16H,2,7H2,1H3,(H,17,18)/p+1/t10-/m0/s1. The van der Waals surface area contributed by atoms with Gasteiger partial charge in [0, 0.05) is 24.4 Å². The second kappa shape index (κ2) is 7.14. The minimum Gasteiger partial charge on any atom is -0.319 e. The van der Waals surface area contributed by atoms with E-state index in [4.69, 9.17) is 34.8 Å². The van der Waals surface area contributed by atoms with Gasteiger partial charge in [-0.3, -0.25) is 9.78 Å². The molecule has 100 valence electrons. The third-order valence-corrected chi connectivity index (χ3v) is 3.01. The lowest BCUT2D eigenvalue weighted by Crippen LogP contribution is -2.95. The smallest absolute Gasteiger partial charge is 0.262 e. The van der Waals surface area contributed by atoms with Gasteiger partial charge in [-0.2, -0.15) is 0 Å². The zero-order valence-corrected chi connectivity index (χ0v) is 12.1. The molecule has 3 N–H and O–H groups in total. The molecular weight excluding hydrogens is 296 g/mol. The Kier molecular flexibility index (Phi) is 6.15. The van der Waals surface area contributed by atoms with Gasteiger partial charge in [-0.15, -0.1) is 0 Å². The molecule has 0 spiro atoms. The maximum atomic E-state index is 11.4. The van der Waals surface area contributed by atoms with E-state index in [1.165, 1.54) is 0 Å². The molecule has 1 rings (SSSR count). The fraction of sp³-hybridized carbons (Fsp3) is 0.455. The van der Waals surface area contributed by atoms with Crippen molar-refractivity contribution in [2.75, 3.05) is 0 Å². The number of hydrogen-bond donors (Lipinski definition) is 2. The van der Waals surface area contributed by atoms with Crippen LogP contribution in [0.2, 0.25) is 0 Å². The molecule has 0 aromatic carbocycles. The van der Waals surface area contributed by atoms with Crippen LogP contribution >= 0.6 is 34.8 Å². The van der Waals surface area contributed by atoms with Crippen LogP contribution in [0, 0.1) is 0 Å². The summed E-state index contributed by atoms with van der Waals surface area (Å²) in [6.07, 6.45) is 3.13. The zero-order chi connectivity index (χ0) is 13.6. The number of pyridine rings is 1. The summed E-state index contributed by atoms with van der Waals surface area (Å²) in [7, 11) is 0. The number of carbonyl (C=O) groups is 1. The highest BCUT2D eigenvalue weighted by Crippen LogP contribution is 2.27. The Morgan fingerprint density at radius 1 is 1.56 bits per heavy atom. The van der Waals surface area contributed by atoms with E-state index in [2.05, 4.69) is 10.3 Å². The molecule has 1 aromatic rings. The normalized spacial score (nSPS) is 13.1. The van der Waals surface area contributed by atoms with E-state index in [1.54, 1.807) is 24.6 Å². The maximum absolute atomic E-state index is 11.4. The third-order valence-electron chi connectivity index (χ3n) is 2.30. The van der Waals surface area contributed by atoms with Gasteiger partial charge in [0.1, 0.15) is 6.54 Å². The second-order valence-electron chi connectivity index (χ2n) is 3.74. The molecule has 0 bridgehead atoms. The van der Waals surface area contributed by atoms with Gasteiger partial charge >= 0.3 is 0 Å². The molecule has 1 atom stereocenters. The molecule has 0 saturated carbocycles. The van der Waals surface area contributed by atoms with Crippen molar-refractivity contribution in [3.8, 4) is 0 Å². The topological polar surface area (TPSA) is 58.6 Å². The zero-order valence-electron chi connectivity index (χ0n) is 9.87. The van der Waals surface area contributed by atoms with Gasteiger partial charge in [0.15, 0.2) is 0 Å². The molecule has 0 fully saturated rings. The predicted molar refractivity (Wildman–Crippen MR) is 72.4 cm³/mol. The molecule has 4 nitrogen and oxygen atoms in total. The summed E-state index contributed by atoms with van der Waals surface area (Å²) in [5, 5.41) is 4.43. The molecule has 0 aliphatic rings. The summed E-state index contributed by atoms with van der Waals surface area (Å²) in [6.45, 7) is 2.31. The number of aromatic nitrogens is 1. The van der Waals surface area contributed by atoms with Crippen LogP contribution < -0.4 is 10.6 Å². The SMILES string of the molecule is CCC(=O)N[C@H]([NH2+]Cc1cccnc1)C(Cl)(Cl)Cl. The Morgan fingerprint density at radius 2 is 2.28 bits per heavy atom. The van der Waals surface area contributed by atoms with Gasteiger partial charge in [0.2, 0.25) is 12.1 Å². The third kappa shape index (κ3) is 5.40. The van der Waals surface area contributed by atoms with Crippen molar-refractivity contribution in [2.45, 2.75) is 29.8 Å². The lowest BCUT2D eigenvalue weighted by molar-refractivity contribution is -0.707. The summed E-state index contributed by atoms with van der Waals surface area (Å²) in [6, 6.07) is 3.75. The van der Waals surface area contributed by atoms with E-state index in [-0.39, 0.29) is 5.91 Å². The van der Waals surface area contributed by atoms with Crippen LogP contribution in [0.15, 0.2) is 24.5 Å². The summed E-state index contributed by atoms with van der Waals surface area (Å²) < 4.78 is -1.56. The van der Waals surface area contributed by atoms with E-state index in [0.717, 1.165) is 5.56 Å². The van der Waals surface area contributed by atoms with E-state index in [9.17, 15) is 4.79 Å². The average Bonchev–Trinajstić information content (AvgIpc) is 2.34. The molecule has 1 heterocycles. The number of hydrogen-bond acceptors (Lipinski definition) is 2. The van der Waals surface area contributed by atoms with Crippen molar-refractivity contribution >= 4 is 40.7 Å². The highest BCUT2D eigenvalue weighted by molar-refractivity contribution is 6.68. The minimum atomic E-state index is -1.56. The summed E-state index contributed by atoms with van der Waals surface area (Å²) in [5.41, 5.74) is 0.988. The second-order valence-corrected chi connectivity index (χ2v) is 6.11. The molecule has 1 amide bonds. The van der Waals surface area contributed by atoms with Crippen LogP contribution in [0.25, 0.3) is 0 Å². The molecule has 18 heavy (non-hydrogen) atoms. The van der Waals surface area contributed by atoms with Crippen LogP contribution in [0.3, 0.4) is 0 Å². The van der Waals surface area contributed by atoms with Gasteiger partial charge in [0.25, 0.3) is 3.79 Å². The van der Waals surface area contributed by atoms with Crippen molar-refractivity contribution in [1.82, 2.24) is 10.3 Å². The quantitative estimate of drug-likeness (QED) is 0.637. The summed E-state index contributed by atoms with van der Waals surface area (Å²) in [5.74, 6) is -0.159. The van der Waals surface area contributed by atoms with Crippen LogP contribution in [0.4, 0.5) is 0 Å². The number of nitrogens with zero attached hydrogens (tertiary/aromatic N) is 1. The maximum Gasteiger partial charge on any atom is 0.262 e. The highest BCUT2D eigenvalue weighted by atomic mass is 35.6. The number of nitrogens with one attached hydrogen (secondary N) is 1. The molecule has 0 aliphatic heterocycles. The molecule has 1 aromatic heterocycles. The van der Waals surface area contributed by atoms with Gasteiger partial charge < -0.3 is 10.6 Å². The average molecular weight is 312 g/mol. The van der Waals surface area contributed by atoms with Gasteiger partial charge in [-0.05, 0) is 6.07 Å². The van der Waals surface area contributed by atoms with Crippen LogP contribution in [0.5, 0.6) is 0 Å². The van der Waals surface area contributed by atoms with E-state index < -0.39 is 9.96 Å². The van der Waals surface area contributed by atoms with Crippen LogP contribution in [0.1, 0.15) is 18.9 Å². The largest absolute Gasteiger partial charge is 0.319 e. The Hall–Kier alpha value is -0.550.